The van der Waals surface area contributed by atoms with Crippen molar-refractivity contribution in [3.8, 4) is 0 Å². The Hall–Kier alpha value is -1.42. The molecule has 0 bridgehead atoms. The van der Waals surface area contributed by atoms with Gasteiger partial charge in [0.25, 0.3) is 0 Å². The van der Waals surface area contributed by atoms with E-state index in [0.29, 0.717) is 0 Å². The van der Waals surface area contributed by atoms with Gasteiger partial charge in [-0.2, -0.15) is 0 Å². The SMILES string of the molecule is C1=NCCC2=CCSC2=C1.c1cnccn1. The maximum atomic E-state index is 4.20. The monoisotopic (exact) mass is 231 g/mol. The number of aromatic nitrogens is 2. The van der Waals surface area contributed by atoms with E-state index < -0.39 is 0 Å². The third kappa shape index (κ3) is 3.31. The van der Waals surface area contributed by atoms with Gasteiger partial charge in [0, 0.05) is 48.2 Å². The second-order valence-corrected chi connectivity index (χ2v) is 4.33. The van der Waals surface area contributed by atoms with E-state index in [0.717, 1.165) is 18.7 Å². The molecular formula is C12H13N3S. The Labute approximate surface area is 99.4 Å². The molecule has 3 rings (SSSR count). The van der Waals surface area contributed by atoms with Crippen molar-refractivity contribution < 1.29 is 0 Å². The van der Waals surface area contributed by atoms with Crippen LogP contribution in [0, 0.1) is 0 Å². The summed E-state index contributed by atoms with van der Waals surface area (Å²) in [7, 11) is 0. The summed E-state index contributed by atoms with van der Waals surface area (Å²) in [5.41, 5.74) is 1.50. The van der Waals surface area contributed by atoms with Crippen LogP contribution in [0.15, 0.2) is 52.4 Å². The summed E-state index contributed by atoms with van der Waals surface area (Å²) >= 11 is 1.92. The van der Waals surface area contributed by atoms with E-state index in [4.69, 9.17) is 0 Å². The first-order valence-corrected chi connectivity index (χ1v) is 6.17. The quantitative estimate of drug-likeness (QED) is 0.688. The van der Waals surface area contributed by atoms with E-state index in [9.17, 15) is 0 Å². The molecule has 1 aromatic heterocycles. The maximum absolute atomic E-state index is 4.20. The zero-order chi connectivity index (χ0) is 11.1. The van der Waals surface area contributed by atoms with E-state index in [-0.39, 0.29) is 0 Å². The lowest BCUT2D eigenvalue weighted by Gasteiger charge is -1.97. The fourth-order valence-electron chi connectivity index (χ4n) is 1.44. The molecule has 4 heteroatoms. The van der Waals surface area contributed by atoms with Crippen LogP contribution in [0.25, 0.3) is 0 Å². The minimum Gasteiger partial charge on any atom is -0.293 e. The first kappa shape index (κ1) is 11.1. The molecule has 16 heavy (non-hydrogen) atoms. The number of allylic oxidation sites excluding steroid dienone is 2. The van der Waals surface area contributed by atoms with Crippen LogP contribution in [-0.4, -0.2) is 28.5 Å². The van der Waals surface area contributed by atoms with Crippen LogP contribution in [0.5, 0.6) is 0 Å². The maximum Gasteiger partial charge on any atom is 0.0451 e. The molecule has 0 amide bonds. The number of nitrogens with zero attached hydrogens (tertiary/aromatic N) is 3. The molecule has 0 fully saturated rings. The standard InChI is InChI=1S/C8H9NS.C4H4N2/c1-4-9-5-2-8-7(1)3-6-10-8;1-2-6-4-3-5-1/h2-3,5H,1,4,6H2;1-4H. The van der Waals surface area contributed by atoms with Crippen LogP contribution in [0.1, 0.15) is 6.42 Å². The van der Waals surface area contributed by atoms with Gasteiger partial charge in [0.15, 0.2) is 0 Å². The van der Waals surface area contributed by atoms with Crippen LogP contribution in [-0.2, 0) is 0 Å². The van der Waals surface area contributed by atoms with Crippen molar-refractivity contribution in [1.82, 2.24) is 9.97 Å². The number of aliphatic imine (C=N–C) groups is 1. The van der Waals surface area contributed by atoms with Crippen LogP contribution in [0.4, 0.5) is 0 Å². The smallest absolute Gasteiger partial charge is 0.0451 e. The van der Waals surface area contributed by atoms with Gasteiger partial charge in [-0.1, -0.05) is 6.08 Å². The molecule has 0 radical (unpaired) electrons. The third-order valence-electron chi connectivity index (χ3n) is 2.20. The van der Waals surface area contributed by atoms with Crippen LogP contribution < -0.4 is 0 Å². The van der Waals surface area contributed by atoms with Gasteiger partial charge in [0.1, 0.15) is 0 Å². The lowest BCUT2D eigenvalue weighted by Crippen LogP contribution is -1.81. The van der Waals surface area contributed by atoms with E-state index in [1.54, 1.807) is 24.8 Å². The summed E-state index contributed by atoms with van der Waals surface area (Å²) in [6, 6.07) is 0. The first-order valence-electron chi connectivity index (χ1n) is 5.19. The topological polar surface area (TPSA) is 38.1 Å². The summed E-state index contributed by atoms with van der Waals surface area (Å²) < 4.78 is 0. The number of hydrogen-bond acceptors (Lipinski definition) is 4. The zero-order valence-corrected chi connectivity index (χ0v) is 9.73. The molecule has 0 aromatic carbocycles. The molecule has 3 heterocycles. The van der Waals surface area contributed by atoms with Gasteiger partial charge < -0.3 is 0 Å². The highest BCUT2D eigenvalue weighted by Crippen LogP contribution is 2.33. The number of rotatable bonds is 0. The van der Waals surface area contributed by atoms with Crippen molar-refractivity contribution in [2.75, 3.05) is 12.3 Å². The van der Waals surface area contributed by atoms with E-state index >= 15 is 0 Å². The molecule has 0 aliphatic carbocycles. The van der Waals surface area contributed by atoms with Crippen LogP contribution >= 0.6 is 11.8 Å². The van der Waals surface area contributed by atoms with Crippen molar-refractivity contribution in [3.05, 3.63) is 47.4 Å². The molecule has 2 aliphatic rings. The van der Waals surface area contributed by atoms with Gasteiger partial charge in [-0.05, 0) is 18.1 Å². The highest BCUT2D eigenvalue weighted by molar-refractivity contribution is 8.03. The molecule has 82 valence electrons. The van der Waals surface area contributed by atoms with Gasteiger partial charge in [-0.25, -0.2) is 0 Å². The lowest BCUT2D eigenvalue weighted by molar-refractivity contribution is 0.983. The van der Waals surface area contributed by atoms with Crippen molar-refractivity contribution in [1.29, 1.82) is 0 Å². The second kappa shape index (κ2) is 6.23. The fourth-order valence-corrected chi connectivity index (χ4v) is 2.43. The minimum atomic E-state index is 0.965. The molecular weight excluding hydrogens is 218 g/mol. The number of hydrogen-bond donors (Lipinski definition) is 0. The number of fused-ring (bicyclic) bond motifs is 1. The van der Waals surface area contributed by atoms with Crippen molar-refractivity contribution in [2.45, 2.75) is 6.42 Å². The lowest BCUT2D eigenvalue weighted by atomic mass is 10.2. The average molecular weight is 231 g/mol. The molecule has 0 saturated carbocycles. The summed E-state index contributed by atoms with van der Waals surface area (Å²) in [4.78, 5) is 13.1. The molecule has 0 spiro atoms. The van der Waals surface area contributed by atoms with Gasteiger partial charge in [-0.15, -0.1) is 11.8 Å². The Kier molecular flexibility index (Phi) is 4.31. The predicted molar refractivity (Wildman–Crippen MR) is 68.6 cm³/mol. The van der Waals surface area contributed by atoms with Crippen molar-refractivity contribution in [2.24, 2.45) is 4.99 Å². The second-order valence-electron chi connectivity index (χ2n) is 3.27. The van der Waals surface area contributed by atoms with Gasteiger partial charge in [0.2, 0.25) is 0 Å². The zero-order valence-electron chi connectivity index (χ0n) is 8.91. The molecule has 0 atom stereocenters. The molecule has 3 nitrogen and oxygen atoms in total. The van der Waals surface area contributed by atoms with Crippen LogP contribution in [0.3, 0.4) is 0 Å². The molecule has 0 N–H and O–H groups in total. The molecule has 2 aliphatic heterocycles. The predicted octanol–water partition coefficient (Wildman–Crippen LogP) is 2.49. The Morgan fingerprint density at radius 3 is 2.50 bits per heavy atom. The minimum absolute atomic E-state index is 0.965. The Bertz CT molecular complexity index is 383. The summed E-state index contributed by atoms with van der Waals surface area (Å²) in [6.07, 6.45) is 14.0. The molecule has 1 aromatic rings. The molecule has 0 unspecified atom stereocenters. The highest BCUT2D eigenvalue weighted by Gasteiger charge is 2.11. The number of thioether (sulfide) groups is 1. The van der Waals surface area contributed by atoms with Crippen LogP contribution in [0.2, 0.25) is 0 Å². The van der Waals surface area contributed by atoms with Gasteiger partial charge in [0.05, 0.1) is 0 Å². The summed E-state index contributed by atoms with van der Waals surface area (Å²) in [5, 5.41) is 0. The Morgan fingerprint density at radius 1 is 1.06 bits per heavy atom. The largest absolute Gasteiger partial charge is 0.293 e. The van der Waals surface area contributed by atoms with E-state index in [1.165, 1.54) is 10.5 Å². The van der Waals surface area contributed by atoms with E-state index in [2.05, 4.69) is 27.1 Å². The average Bonchev–Trinajstić information content (AvgIpc) is 2.69. The highest BCUT2D eigenvalue weighted by atomic mass is 32.2. The fraction of sp³-hybridized carbons (Fsp3) is 0.250. The molecule has 0 saturated heterocycles. The van der Waals surface area contributed by atoms with Gasteiger partial charge in [-0.3, -0.25) is 15.0 Å². The van der Waals surface area contributed by atoms with E-state index in [1.807, 2.05) is 18.0 Å². The van der Waals surface area contributed by atoms with Gasteiger partial charge >= 0.3 is 0 Å². The Balaban J connectivity index is 0.000000138. The summed E-state index contributed by atoms with van der Waals surface area (Å²) in [5.74, 6) is 1.16. The Morgan fingerprint density at radius 2 is 1.81 bits per heavy atom. The van der Waals surface area contributed by atoms with Crippen molar-refractivity contribution in [3.63, 3.8) is 0 Å². The first-order chi connectivity index (χ1) is 7.97. The normalized spacial score (nSPS) is 17.5. The third-order valence-corrected chi connectivity index (χ3v) is 3.25. The summed E-state index contributed by atoms with van der Waals surface area (Å²) in [6.45, 7) is 0.965. The van der Waals surface area contributed by atoms with Crippen molar-refractivity contribution >= 4 is 18.0 Å².